The summed E-state index contributed by atoms with van der Waals surface area (Å²) in [6.07, 6.45) is 1.82. The molecule has 0 aliphatic carbocycles. The minimum absolute atomic E-state index is 0.527. The zero-order valence-corrected chi connectivity index (χ0v) is 13.0. The molecule has 1 aromatic carbocycles. The molecular weight excluding hydrogens is 270 g/mol. The molecule has 0 radical (unpaired) electrons. The monoisotopic (exact) mass is 291 g/mol. The number of hydrogen-bond donors (Lipinski definition) is 1. The molecule has 4 nitrogen and oxygen atoms in total. The fraction of sp³-hybridized carbons (Fsp3) is 0.467. The van der Waals surface area contributed by atoms with Crippen LogP contribution in [0.2, 0.25) is 0 Å². The van der Waals surface area contributed by atoms with Gasteiger partial charge in [0.2, 0.25) is 5.89 Å². The second-order valence-corrected chi connectivity index (χ2v) is 6.33. The second kappa shape index (κ2) is 6.41. The van der Waals surface area contributed by atoms with E-state index < -0.39 is 5.54 Å². The molecule has 0 fully saturated rings. The fourth-order valence-corrected chi connectivity index (χ4v) is 2.69. The maximum absolute atomic E-state index is 6.18. The first-order chi connectivity index (χ1) is 9.51. The number of hydrogen-bond acceptors (Lipinski definition) is 5. The number of nitrogens with two attached hydrogens (primary N) is 1. The minimum Gasteiger partial charge on any atom is -0.337 e. The van der Waals surface area contributed by atoms with Crippen molar-refractivity contribution >= 4 is 11.8 Å². The van der Waals surface area contributed by atoms with Crippen LogP contribution in [0, 0.1) is 6.92 Å². The van der Waals surface area contributed by atoms with Crippen LogP contribution < -0.4 is 5.73 Å². The summed E-state index contributed by atoms with van der Waals surface area (Å²) < 4.78 is 5.29. The van der Waals surface area contributed by atoms with E-state index in [1.807, 2.05) is 6.92 Å². The first-order valence-electron chi connectivity index (χ1n) is 6.82. The molecule has 0 bridgehead atoms. The summed E-state index contributed by atoms with van der Waals surface area (Å²) in [7, 11) is 0. The highest BCUT2D eigenvalue weighted by molar-refractivity contribution is 7.98. The maximum Gasteiger partial charge on any atom is 0.246 e. The highest BCUT2D eigenvalue weighted by atomic mass is 32.2. The Balaban J connectivity index is 1.97. The van der Waals surface area contributed by atoms with Crippen molar-refractivity contribution in [1.82, 2.24) is 10.1 Å². The second-order valence-electron chi connectivity index (χ2n) is 5.28. The minimum atomic E-state index is -0.533. The number of nitrogens with zero attached hydrogens (tertiary/aromatic N) is 2. The average Bonchev–Trinajstić information content (AvgIpc) is 2.88. The standard InChI is InChI=1S/C15H21N3OS/c1-4-9-15(3,16)14-17-13(18-19-14)10-20-12-7-5-11(2)6-8-12/h5-8H,4,9-10,16H2,1-3H3. The van der Waals surface area contributed by atoms with Crippen molar-refractivity contribution < 1.29 is 4.52 Å². The Bertz CT molecular complexity index is 549. The van der Waals surface area contributed by atoms with Gasteiger partial charge in [-0.1, -0.05) is 36.2 Å². The Hall–Kier alpha value is -1.33. The van der Waals surface area contributed by atoms with Gasteiger partial charge in [-0.3, -0.25) is 0 Å². The summed E-state index contributed by atoms with van der Waals surface area (Å²) >= 11 is 1.69. The van der Waals surface area contributed by atoms with E-state index in [1.54, 1.807) is 11.8 Å². The Morgan fingerprint density at radius 1 is 1.30 bits per heavy atom. The van der Waals surface area contributed by atoms with Crippen molar-refractivity contribution in [2.24, 2.45) is 5.73 Å². The lowest BCUT2D eigenvalue weighted by Gasteiger charge is -2.18. The summed E-state index contributed by atoms with van der Waals surface area (Å²) in [6, 6.07) is 8.40. The van der Waals surface area contributed by atoms with E-state index in [9.17, 15) is 0 Å². The van der Waals surface area contributed by atoms with Crippen LogP contribution in [0.25, 0.3) is 0 Å². The lowest BCUT2D eigenvalue weighted by molar-refractivity contribution is 0.282. The van der Waals surface area contributed by atoms with Gasteiger partial charge in [-0.2, -0.15) is 4.98 Å². The molecule has 1 aromatic heterocycles. The van der Waals surface area contributed by atoms with Crippen LogP contribution >= 0.6 is 11.8 Å². The number of thioether (sulfide) groups is 1. The molecule has 1 heterocycles. The first-order valence-corrected chi connectivity index (χ1v) is 7.81. The molecule has 2 aromatic rings. The van der Waals surface area contributed by atoms with Crippen molar-refractivity contribution in [3.8, 4) is 0 Å². The predicted molar refractivity (Wildman–Crippen MR) is 81.5 cm³/mol. The van der Waals surface area contributed by atoms with E-state index in [4.69, 9.17) is 10.3 Å². The van der Waals surface area contributed by atoms with E-state index in [-0.39, 0.29) is 0 Å². The molecule has 2 N–H and O–H groups in total. The topological polar surface area (TPSA) is 64.9 Å². The van der Waals surface area contributed by atoms with E-state index in [0.717, 1.165) is 12.8 Å². The molecule has 5 heteroatoms. The number of aromatic nitrogens is 2. The van der Waals surface area contributed by atoms with Gasteiger partial charge in [-0.15, -0.1) is 11.8 Å². The molecule has 0 amide bonds. The molecule has 20 heavy (non-hydrogen) atoms. The quantitative estimate of drug-likeness (QED) is 0.823. The Morgan fingerprint density at radius 3 is 2.65 bits per heavy atom. The van der Waals surface area contributed by atoms with Gasteiger partial charge in [0.05, 0.1) is 11.3 Å². The molecule has 0 saturated carbocycles. The van der Waals surface area contributed by atoms with Gasteiger partial charge in [0.1, 0.15) is 0 Å². The largest absolute Gasteiger partial charge is 0.337 e. The van der Waals surface area contributed by atoms with Crippen LogP contribution in [0.5, 0.6) is 0 Å². The van der Waals surface area contributed by atoms with Gasteiger partial charge in [-0.05, 0) is 32.4 Å². The molecule has 108 valence electrons. The zero-order valence-electron chi connectivity index (χ0n) is 12.2. The molecule has 1 unspecified atom stereocenters. The van der Waals surface area contributed by atoms with Gasteiger partial charge in [0.15, 0.2) is 5.82 Å². The van der Waals surface area contributed by atoms with E-state index >= 15 is 0 Å². The lowest BCUT2D eigenvalue weighted by atomic mass is 9.98. The fourth-order valence-electron chi connectivity index (χ4n) is 1.95. The van der Waals surface area contributed by atoms with Crippen molar-refractivity contribution in [2.75, 3.05) is 0 Å². The maximum atomic E-state index is 6.18. The lowest BCUT2D eigenvalue weighted by Crippen LogP contribution is -2.33. The third-order valence-electron chi connectivity index (χ3n) is 3.11. The van der Waals surface area contributed by atoms with Crippen LogP contribution in [0.1, 0.15) is 44.0 Å². The normalized spacial score (nSPS) is 14.2. The highest BCUT2D eigenvalue weighted by Crippen LogP contribution is 2.25. The van der Waals surface area contributed by atoms with Gasteiger partial charge < -0.3 is 10.3 Å². The van der Waals surface area contributed by atoms with Crippen molar-refractivity contribution in [3.05, 3.63) is 41.5 Å². The van der Waals surface area contributed by atoms with Crippen LogP contribution in [0.3, 0.4) is 0 Å². The van der Waals surface area contributed by atoms with Gasteiger partial charge in [0.25, 0.3) is 0 Å². The molecule has 1 atom stereocenters. The average molecular weight is 291 g/mol. The Labute approximate surface area is 124 Å². The number of benzene rings is 1. The summed E-state index contributed by atoms with van der Waals surface area (Å²) in [5, 5.41) is 4.01. The summed E-state index contributed by atoms with van der Waals surface area (Å²) in [4.78, 5) is 5.61. The molecule has 0 aliphatic rings. The van der Waals surface area contributed by atoms with E-state index in [0.29, 0.717) is 17.5 Å². The SMILES string of the molecule is CCCC(C)(N)c1nc(CSc2ccc(C)cc2)no1. The smallest absolute Gasteiger partial charge is 0.246 e. The van der Waals surface area contributed by atoms with Crippen molar-refractivity contribution in [2.45, 2.75) is 49.8 Å². The van der Waals surface area contributed by atoms with Gasteiger partial charge in [0, 0.05) is 4.90 Å². The summed E-state index contributed by atoms with van der Waals surface area (Å²) in [5.41, 5.74) is 6.91. The highest BCUT2D eigenvalue weighted by Gasteiger charge is 2.27. The Kier molecular flexibility index (Phi) is 4.83. The third-order valence-corrected chi connectivity index (χ3v) is 4.12. The van der Waals surface area contributed by atoms with Crippen LogP contribution in [-0.2, 0) is 11.3 Å². The molecule has 0 aliphatic heterocycles. The zero-order chi connectivity index (χ0) is 14.6. The Morgan fingerprint density at radius 2 is 2.00 bits per heavy atom. The van der Waals surface area contributed by atoms with E-state index in [1.165, 1.54) is 10.5 Å². The van der Waals surface area contributed by atoms with Crippen LogP contribution in [0.15, 0.2) is 33.7 Å². The summed E-state index contributed by atoms with van der Waals surface area (Å²) in [5.74, 6) is 1.91. The summed E-state index contributed by atoms with van der Waals surface area (Å²) in [6.45, 7) is 6.10. The third kappa shape index (κ3) is 3.84. The molecule has 0 spiro atoms. The first kappa shape index (κ1) is 15.1. The van der Waals surface area contributed by atoms with Crippen molar-refractivity contribution in [3.63, 3.8) is 0 Å². The van der Waals surface area contributed by atoms with Crippen LogP contribution in [0.4, 0.5) is 0 Å². The number of aryl methyl sites for hydroxylation is 1. The van der Waals surface area contributed by atoms with Crippen LogP contribution in [-0.4, -0.2) is 10.1 Å². The van der Waals surface area contributed by atoms with Crippen molar-refractivity contribution in [1.29, 1.82) is 0 Å². The van der Waals surface area contributed by atoms with E-state index in [2.05, 4.69) is 48.3 Å². The molecular formula is C15H21N3OS. The predicted octanol–water partition coefficient (Wildman–Crippen LogP) is 3.64. The number of rotatable bonds is 6. The molecule has 2 rings (SSSR count). The van der Waals surface area contributed by atoms with Gasteiger partial charge >= 0.3 is 0 Å². The molecule has 0 saturated heterocycles. The van der Waals surface area contributed by atoms with Gasteiger partial charge in [-0.25, -0.2) is 0 Å².